The van der Waals surface area contributed by atoms with E-state index in [9.17, 15) is 28.8 Å². The number of nitrogens with one attached hydrogen (secondary N) is 3. The first-order valence-corrected chi connectivity index (χ1v) is 19.0. The first-order chi connectivity index (χ1) is 27.7. The number of nitrogens with zero attached hydrogens (tertiary/aromatic N) is 6. The van der Waals surface area contributed by atoms with E-state index in [1.54, 1.807) is 67.1 Å². The molecule has 8 rings (SSSR count). The van der Waals surface area contributed by atoms with Gasteiger partial charge in [-0.15, -0.1) is 0 Å². The molecule has 1 unspecified atom stereocenters. The monoisotopic (exact) mass is 768 g/mol. The topological polar surface area (TPSA) is 214 Å². The number of piperidine rings is 1. The maximum Gasteiger partial charge on any atom is 0.264 e. The molecule has 6 heterocycles. The standard InChI is InChI=1S/C41H40N10O6/c42-36-35-34(24-13-15-25(16-14-24)38(54)46-30-11-3-5-20-44-30)48-37(50(35)23-21-45-36)28-10-7-22-49(28)32(53)12-2-1-4-19-43-27-9-6-8-26-33(27)41(57)51(40(26)56)29-17-18-31(52)47-39(29)55/h3,5-6,8-9,11,13-16,20-21,23,28-29,43H,1-2,4,7,10,12,17-19,22H2,(H2,42,45)(H,44,46,54)(H,47,52,55)/t28-,29?/m0/s1. The van der Waals surface area contributed by atoms with Crippen molar-refractivity contribution >= 4 is 58.3 Å². The Balaban J connectivity index is 0.882. The molecule has 0 aliphatic carbocycles. The Morgan fingerprint density at radius 2 is 1.72 bits per heavy atom. The van der Waals surface area contributed by atoms with Crippen molar-refractivity contribution in [2.24, 2.45) is 0 Å². The fourth-order valence-corrected chi connectivity index (χ4v) is 7.87. The second kappa shape index (κ2) is 15.6. The van der Waals surface area contributed by atoms with Crippen LogP contribution in [0.15, 0.2) is 79.3 Å². The number of nitrogen functional groups attached to an aromatic ring is 1. The lowest BCUT2D eigenvalue weighted by atomic mass is 10.0. The first kappa shape index (κ1) is 37.0. The number of carbonyl (C=O) groups is 6. The molecule has 2 atom stereocenters. The van der Waals surface area contributed by atoms with E-state index in [0.717, 1.165) is 29.7 Å². The lowest BCUT2D eigenvalue weighted by Crippen LogP contribution is -2.54. The number of likely N-dealkylation sites (tertiary alicyclic amines) is 1. The van der Waals surface area contributed by atoms with Crippen molar-refractivity contribution in [3.63, 3.8) is 0 Å². The summed E-state index contributed by atoms with van der Waals surface area (Å²) in [4.78, 5) is 93.5. The van der Waals surface area contributed by atoms with Gasteiger partial charge in [-0.2, -0.15) is 0 Å². The maximum absolute atomic E-state index is 13.7. The molecule has 3 aromatic heterocycles. The largest absolute Gasteiger partial charge is 0.384 e. The van der Waals surface area contributed by atoms with Crippen LogP contribution in [0.4, 0.5) is 17.3 Å². The number of imide groups is 2. The number of benzene rings is 2. The summed E-state index contributed by atoms with van der Waals surface area (Å²) in [6, 6.07) is 16.0. The molecular weight excluding hydrogens is 729 g/mol. The summed E-state index contributed by atoms with van der Waals surface area (Å²) in [7, 11) is 0. The molecule has 2 saturated heterocycles. The first-order valence-electron chi connectivity index (χ1n) is 19.0. The van der Waals surface area contributed by atoms with Crippen LogP contribution in [0.25, 0.3) is 16.8 Å². The fraction of sp³-hybridized carbons (Fsp3) is 0.293. The van der Waals surface area contributed by atoms with Crippen molar-refractivity contribution in [1.29, 1.82) is 0 Å². The normalized spacial score (nSPS) is 17.9. The Morgan fingerprint density at radius 3 is 2.51 bits per heavy atom. The minimum absolute atomic E-state index is 0.0348. The minimum Gasteiger partial charge on any atom is -0.384 e. The highest BCUT2D eigenvalue weighted by Gasteiger charge is 2.45. The lowest BCUT2D eigenvalue weighted by molar-refractivity contribution is -0.136. The number of hydrogen-bond donors (Lipinski definition) is 4. The van der Waals surface area contributed by atoms with Crippen LogP contribution in [0.3, 0.4) is 0 Å². The van der Waals surface area contributed by atoms with Crippen molar-refractivity contribution in [2.45, 2.75) is 63.5 Å². The molecule has 290 valence electrons. The van der Waals surface area contributed by atoms with Gasteiger partial charge in [-0.25, -0.2) is 15.0 Å². The molecule has 0 radical (unpaired) electrons. The molecule has 0 bridgehead atoms. The van der Waals surface area contributed by atoms with Crippen molar-refractivity contribution in [2.75, 3.05) is 29.5 Å². The van der Waals surface area contributed by atoms with Gasteiger partial charge < -0.3 is 21.3 Å². The Labute approximate surface area is 326 Å². The van der Waals surface area contributed by atoms with E-state index < -0.39 is 29.7 Å². The predicted octanol–water partition coefficient (Wildman–Crippen LogP) is 4.36. The van der Waals surface area contributed by atoms with Crippen LogP contribution in [-0.4, -0.2) is 83.7 Å². The third-order valence-corrected chi connectivity index (χ3v) is 10.7. The molecule has 5 aromatic rings. The maximum atomic E-state index is 13.7. The average molecular weight is 769 g/mol. The van der Waals surface area contributed by atoms with E-state index in [2.05, 4.69) is 25.9 Å². The van der Waals surface area contributed by atoms with Gasteiger partial charge in [0.05, 0.1) is 17.2 Å². The van der Waals surface area contributed by atoms with Crippen LogP contribution < -0.4 is 21.7 Å². The molecule has 2 aromatic carbocycles. The smallest absolute Gasteiger partial charge is 0.264 e. The van der Waals surface area contributed by atoms with Crippen LogP contribution in [0.1, 0.15) is 94.3 Å². The van der Waals surface area contributed by atoms with E-state index in [0.29, 0.717) is 72.3 Å². The van der Waals surface area contributed by atoms with E-state index in [1.165, 1.54) is 0 Å². The fourth-order valence-electron chi connectivity index (χ4n) is 7.87. The van der Waals surface area contributed by atoms with Gasteiger partial charge in [0.1, 0.15) is 34.7 Å². The van der Waals surface area contributed by atoms with Crippen LogP contribution in [0.5, 0.6) is 0 Å². The quantitative estimate of drug-likeness (QED) is 0.103. The van der Waals surface area contributed by atoms with E-state index in [-0.39, 0.29) is 41.8 Å². The number of imidazole rings is 1. The number of aromatic nitrogens is 4. The van der Waals surface area contributed by atoms with Gasteiger partial charge in [0, 0.05) is 61.3 Å². The number of carbonyl (C=O) groups excluding carboxylic acids is 6. The van der Waals surface area contributed by atoms with E-state index in [4.69, 9.17) is 10.7 Å². The summed E-state index contributed by atoms with van der Waals surface area (Å²) in [5, 5.41) is 8.27. The molecule has 0 spiro atoms. The Kier molecular flexibility index (Phi) is 10.1. The zero-order valence-electron chi connectivity index (χ0n) is 30.9. The Hall–Kier alpha value is -6.97. The number of fused-ring (bicyclic) bond motifs is 2. The summed E-state index contributed by atoms with van der Waals surface area (Å²) in [6.07, 6.45) is 9.21. The summed E-state index contributed by atoms with van der Waals surface area (Å²) in [5.41, 5.74) is 9.79. The number of hydrogen-bond acceptors (Lipinski definition) is 11. The highest BCUT2D eigenvalue weighted by atomic mass is 16.2. The SMILES string of the molecule is Nc1nccn2c([C@@H]3CCCN3C(=O)CCCCCNc3cccc4c3C(=O)N(C3CCC(=O)NC3=O)C4=O)nc(-c3ccc(C(=O)Nc4ccccn4)cc3)c12. The van der Waals surface area contributed by atoms with Crippen molar-refractivity contribution in [3.8, 4) is 11.3 Å². The minimum atomic E-state index is -1.03. The summed E-state index contributed by atoms with van der Waals surface area (Å²) in [5.74, 6) is -0.993. The summed E-state index contributed by atoms with van der Waals surface area (Å²) >= 11 is 0. The van der Waals surface area contributed by atoms with Gasteiger partial charge >= 0.3 is 0 Å². The second-order valence-corrected chi connectivity index (χ2v) is 14.3. The highest BCUT2D eigenvalue weighted by Crippen LogP contribution is 2.37. The highest BCUT2D eigenvalue weighted by molar-refractivity contribution is 6.25. The molecule has 5 N–H and O–H groups in total. The van der Waals surface area contributed by atoms with Crippen molar-refractivity contribution < 1.29 is 28.8 Å². The van der Waals surface area contributed by atoms with E-state index >= 15 is 0 Å². The number of nitrogens with two attached hydrogens (primary N) is 1. The summed E-state index contributed by atoms with van der Waals surface area (Å²) in [6.45, 7) is 1.11. The molecule has 3 aliphatic rings. The van der Waals surface area contributed by atoms with Crippen molar-refractivity contribution in [1.82, 2.24) is 34.5 Å². The molecular formula is C41H40N10O6. The van der Waals surface area contributed by atoms with Crippen LogP contribution in [0, 0.1) is 0 Å². The molecule has 16 nitrogen and oxygen atoms in total. The molecule has 57 heavy (non-hydrogen) atoms. The van der Waals surface area contributed by atoms with Crippen LogP contribution in [0.2, 0.25) is 0 Å². The van der Waals surface area contributed by atoms with Crippen molar-refractivity contribution in [3.05, 3.63) is 102 Å². The number of amides is 6. The molecule has 0 saturated carbocycles. The third kappa shape index (κ3) is 7.16. The molecule has 16 heteroatoms. The molecule has 6 amide bonds. The van der Waals surface area contributed by atoms with Gasteiger partial charge in [0.15, 0.2) is 0 Å². The van der Waals surface area contributed by atoms with Gasteiger partial charge in [-0.3, -0.25) is 43.4 Å². The lowest BCUT2D eigenvalue weighted by Gasteiger charge is -2.27. The van der Waals surface area contributed by atoms with Gasteiger partial charge in [-0.05, 0) is 68.5 Å². The van der Waals surface area contributed by atoms with Gasteiger partial charge in [0.2, 0.25) is 17.7 Å². The average Bonchev–Trinajstić information content (AvgIpc) is 3.92. The second-order valence-electron chi connectivity index (χ2n) is 14.3. The Morgan fingerprint density at radius 1 is 0.877 bits per heavy atom. The number of pyridine rings is 1. The predicted molar refractivity (Wildman–Crippen MR) is 209 cm³/mol. The third-order valence-electron chi connectivity index (χ3n) is 10.7. The van der Waals surface area contributed by atoms with Crippen LogP contribution >= 0.6 is 0 Å². The molecule has 3 aliphatic heterocycles. The van der Waals surface area contributed by atoms with E-state index in [1.807, 2.05) is 21.4 Å². The zero-order chi connectivity index (χ0) is 39.6. The van der Waals surface area contributed by atoms with Gasteiger partial charge in [0.25, 0.3) is 17.7 Å². The van der Waals surface area contributed by atoms with Gasteiger partial charge in [-0.1, -0.05) is 30.7 Å². The zero-order valence-corrected chi connectivity index (χ0v) is 30.9. The number of rotatable bonds is 12. The Bertz CT molecular complexity index is 2410. The summed E-state index contributed by atoms with van der Waals surface area (Å²) < 4.78 is 1.91. The number of unbranched alkanes of at least 4 members (excludes halogenated alkanes) is 2. The molecule has 2 fully saturated rings. The van der Waals surface area contributed by atoms with Crippen LogP contribution in [-0.2, 0) is 14.4 Å². The number of anilines is 3.